The van der Waals surface area contributed by atoms with Crippen molar-refractivity contribution in [2.24, 2.45) is 35.0 Å². The summed E-state index contributed by atoms with van der Waals surface area (Å²) in [6, 6.07) is 2.33. The number of aromatic nitrogens is 1. The summed E-state index contributed by atoms with van der Waals surface area (Å²) in [6.45, 7) is 11.7. The van der Waals surface area contributed by atoms with Crippen LogP contribution in [0.4, 0.5) is 0 Å². The van der Waals surface area contributed by atoms with Gasteiger partial charge in [-0.1, -0.05) is 31.7 Å². The van der Waals surface area contributed by atoms with Crippen LogP contribution in [0.15, 0.2) is 10.6 Å². The van der Waals surface area contributed by atoms with Gasteiger partial charge in [-0.25, -0.2) is 0 Å². The molecule has 0 unspecified atom stereocenters. The highest BCUT2D eigenvalue weighted by Crippen LogP contribution is 2.66. The number of hydrogen-bond donors (Lipinski definition) is 1. The van der Waals surface area contributed by atoms with Gasteiger partial charge in [0.15, 0.2) is 0 Å². The Labute approximate surface area is 178 Å². The largest absolute Gasteiger partial charge is 0.390 e. The summed E-state index contributed by atoms with van der Waals surface area (Å²) in [5.74, 6) is 4.93. The van der Waals surface area contributed by atoms with E-state index in [1.165, 1.54) is 56.0 Å². The first kappa shape index (κ1) is 20.3. The second-order valence-corrected chi connectivity index (χ2v) is 17.7. The van der Waals surface area contributed by atoms with Crippen LogP contribution < -0.4 is 5.38 Å². The van der Waals surface area contributed by atoms with Gasteiger partial charge in [0.05, 0.1) is 11.3 Å². The lowest BCUT2D eigenvalue weighted by atomic mass is 9.49. The van der Waals surface area contributed by atoms with Crippen molar-refractivity contribution in [1.29, 1.82) is 0 Å². The van der Waals surface area contributed by atoms with Crippen molar-refractivity contribution in [3.05, 3.63) is 11.8 Å². The molecule has 8 atom stereocenters. The minimum absolute atomic E-state index is 0.405. The van der Waals surface area contributed by atoms with Crippen LogP contribution >= 0.6 is 0 Å². The molecule has 4 aliphatic rings. The molecule has 4 aliphatic carbocycles. The fraction of sp³-hybridized carbons (Fsp3) is 0.880. The van der Waals surface area contributed by atoms with Gasteiger partial charge in [-0.05, 0) is 106 Å². The van der Waals surface area contributed by atoms with Crippen molar-refractivity contribution in [1.82, 2.24) is 5.16 Å². The maximum Gasteiger partial charge on any atom is 0.127 e. The second kappa shape index (κ2) is 6.69. The van der Waals surface area contributed by atoms with Crippen LogP contribution in [-0.4, -0.2) is 23.9 Å². The molecule has 0 radical (unpaired) electrons. The molecule has 162 valence electrons. The van der Waals surface area contributed by atoms with Crippen LogP contribution in [0.2, 0.25) is 19.6 Å². The number of hydrogen-bond acceptors (Lipinski definition) is 3. The Kier molecular flexibility index (Phi) is 4.68. The lowest BCUT2D eigenvalue weighted by Crippen LogP contribution is -2.50. The third kappa shape index (κ3) is 3.28. The quantitative estimate of drug-likeness (QED) is 0.630. The Morgan fingerprint density at radius 1 is 0.966 bits per heavy atom. The molecule has 0 aliphatic heterocycles. The third-order valence-corrected chi connectivity index (χ3v) is 11.6. The van der Waals surface area contributed by atoms with Crippen molar-refractivity contribution in [2.45, 2.75) is 103 Å². The first-order chi connectivity index (χ1) is 13.6. The Morgan fingerprint density at radius 2 is 1.72 bits per heavy atom. The molecular weight excluding hydrogens is 374 g/mol. The second-order valence-electron chi connectivity index (χ2n) is 12.7. The summed E-state index contributed by atoms with van der Waals surface area (Å²) in [5.41, 5.74) is 1.26. The van der Waals surface area contributed by atoms with Crippen molar-refractivity contribution < 1.29 is 9.63 Å². The fourth-order valence-electron chi connectivity index (χ4n) is 8.37. The maximum absolute atomic E-state index is 10.6. The van der Waals surface area contributed by atoms with E-state index in [2.05, 4.69) is 44.7 Å². The topological polar surface area (TPSA) is 46.3 Å². The summed E-state index contributed by atoms with van der Waals surface area (Å²) in [5, 5.41) is 16.4. The number of nitrogens with zero attached hydrogens (tertiary/aromatic N) is 1. The summed E-state index contributed by atoms with van der Waals surface area (Å²) >= 11 is 0. The fourth-order valence-corrected chi connectivity index (χ4v) is 9.27. The van der Waals surface area contributed by atoms with Crippen LogP contribution in [0.25, 0.3) is 0 Å². The molecule has 1 N–H and O–H groups in total. The molecule has 4 fully saturated rings. The van der Waals surface area contributed by atoms with Crippen LogP contribution in [0, 0.1) is 35.0 Å². The van der Waals surface area contributed by atoms with E-state index in [4.69, 9.17) is 4.52 Å². The van der Waals surface area contributed by atoms with Gasteiger partial charge in [-0.2, -0.15) is 0 Å². The van der Waals surface area contributed by atoms with Crippen molar-refractivity contribution in [3.63, 3.8) is 0 Å². The van der Waals surface area contributed by atoms with E-state index in [0.717, 1.165) is 42.4 Å². The van der Waals surface area contributed by atoms with E-state index in [1.54, 1.807) is 0 Å². The van der Waals surface area contributed by atoms with Crippen molar-refractivity contribution in [3.8, 4) is 0 Å². The van der Waals surface area contributed by atoms with E-state index >= 15 is 0 Å². The Hall–Kier alpha value is -0.613. The van der Waals surface area contributed by atoms with E-state index < -0.39 is 13.7 Å². The zero-order valence-electron chi connectivity index (χ0n) is 19.2. The van der Waals surface area contributed by atoms with Gasteiger partial charge in [-0.3, -0.25) is 0 Å². The minimum Gasteiger partial charge on any atom is -0.390 e. The zero-order valence-corrected chi connectivity index (χ0v) is 20.2. The zero-order chi connectivity index (χ0) is 20.6. The molecular formula is C25H41NO2Si. The van der Waals surface area contributed by atoms with Gasteiger partial charge in [0.2, 0.25) is 0 Å². The van der Waals surface area contributed by atoms with Gasteiger partial charge in [0.1, 0.15) is 13.5 Å². The Morgan fingerprint density at radius 3 is 2.45 bits per heavy atom. The van der Waals surface area contributed by atoms with Gasteiger partial charge < -0.3 is 9.63 Å². The number of rotatable bonds is 2. The van der Waals surface area contributed by atoms with Gasteiger partial charge >= 0.3 is 0 Å². The molecule has 1 aromatic rings. The average Bonchev–Trinajstić information content (AvgIpc) is 3.24. The number of fused-ring (bicyclic) bond motifs is 5. The monoisotopic (exact) mass is 415 g/mol. The average molecular weight is 416 g/mol. The minimum atomic E-state index is -1.44. The highest BCUT2D eigenvalue weighted by Gasteiger charge is 2.58. The van der Waals surface area contributed by atoms with Crippen LogP contribution in [0.5, 0.6) is 0 Å². The van der Waals surface area contributed by atoms with Crippen molar-refractivity contribution in [2.75, 3.05) is 0 Å². The number of aliphatic hydroxyl groups is 1. The standard InChI is InChI=1S/C25H41NO2Si/c1-24(27)12-10-17-16(15-24)6-7-19-18(17)11-13-25(2)20(19)8-9-21(25)22-14-23(28-26-22)29(3,4)5/h14,16-21,27H,6-13,15H2,1-5H3/t16-,17+,18-,19-,20+,21-,24-,25+/m1/s1. The normalized spacial score (nSPS) is 47.4. The SMILES string of the molecule is C[C@@]1(O)CC[C@H]2[C@H](CC[C@@H]3[C@@H]2CC[C@]2(C)[C@@H](c4cc([Si](C)(C)C)on4)CC[C@@H]32)C1. The van der Waals surface area contributed by atoms with E-state index in [1.807, 2.05) is 0 Å². The lowest BCUT2D eigenvalue weighted by molar-refractivity contribution is -0.0960. The molecule has 5 rings (SSSR count). The Balaban J connectivity index is 1.37. The van der Waals surface area contributed by atoms with Gasteiger partial charge in [-0.15, -0.1) is 0 Å². The highest BCUT2D eigenvalue weighted by molar-refractivity contribution is 6.87. The highest BCUT2D eigenvalue weighted by atomic mass is 28.3. The molecule has 0 amide bonds. The van der Waals surface area contributed by atoms with Gasteiger partial charge in [0, 0.05) is 5.92 Å². The third-order valence-electron chi connectivity index (χ3n) is 9.86. The lowest BCUT2D eigenvalue weighted by Gasteiger charge is -2.56. The molecule has 0 bridgehead atoms. The molecule has 0 saturated heterocycles. The predicted molar refractivity (Wildman–Crippen MR) is 120 cm³/mol. The molecule has 1 heterocycles. The molecule has 0 aromatic carbocycles. The van der Waals surface area contributed by atoms with E-state index in [-0.39, 0.29) is 0 Å². The van der Waals surface area contributed by atoms with E-state index in [0.29, 0.717) is 11.3 Å². The first-order valence-electron chi connectivity index (χ1n) is 12.3. The van der Waals surface area contributed by atoms with Gasteiger partial charge in [0.25, 0.3) is 0 Å². The molecule has 29 heavy (non-hydrogen) atoms. The summed E-state index contributed by atoms with van der Waals surface area (Å²) < 4.78 is 5.85. The van der Waals surface area contributed by atoms with Crippen LogP contribution in [0.3, 0.4) is 0 Å². The van der Waals surface area contributed by atoms with Crippen LogP contribution in [0.1, 0.15) is 83.2 Å². The maximum atomic E-state index is 10.6. The smallest absolute Gasteiger partial charge is 0.127 e. The Bertz CT molecular complexity index is 765. The van der Waals surface area contributed by atoms with E-state index in [9.17, 15) is 5.11 Å². The summed E-state index contributed by atoms with van der Waals surface area (Å²) in [7, 11) is -1.44. The van der Waals surface area contributed by atoms with Crippen LogP contribution in [-0.2, 0) is 0 Å². The molecule has 1 aromatic heterocycles. The summed E-state index contributed by atoms with van der Waals surface area (Å²) in [6.07, 6.45) is 11.5. The predicted octanol–water partition coefficient (Wildman–Crippen LogP) is 5.71. The molecule has 4 saturated carbocycles. The summed E-state index contributed by atoms with van der Waals surface area (Å²) in [4.78, 5) is 0. The molecule has 0 spiro atoms. The molecule has 3 nitrogen and oxygen atoms in total. The van der Waals surface area contributed by atoms with Crippen molar-refractivity contribution >= 4 is 13.5 Å². The first-order valence-corrected chi connectivity index (χ1v) is 15.8. The molecule has 4 heteroatoms.